The molecule has 0 saturated carbocycles. The van der Waals surface area contributed by atoms with E-state index in [1.807, 2.05) is 0 Å². The van der Waals surface area contributed by atoms with Gasteiger partial charge in [-0.15, -0.1) is 0 Å². The number of hydrogen-bond acceptors (Lipinski definition) is 4. The number of amides is 2. The zero-order chi connectivity index (χ0) is 15.9. The van der Waals surface area contributed by atoms with Crippen molar-refractivity contribution in [2.24, 2.45) is 0 Å². The highest BCUT2D eigenvalue weighted by molar-refractivity contribution is 7.90. The van der Waals surface area contributed by atoms with E-state index in [0.717, 1.165) is 0 Å². The number of hydrogen-bond donors (Lipinski definition) is 0. The van der Waals surface area contributed by atoms with Crippen molar-refractivity contribution in [2.75, 3.05) is 0 Å². The van der Waals surface area contributed by atoms with Crippen LogP contribution in [0.5, 0.6) is 0 Å². The number of carbonyl (C=O) groups excluding carboxylic acids is 2. The molecule has 2 amide bonds. The minimum Gasteiger partial charge on any atom is -0.273 e. The maximum Gasteiger partial charge on any atom is 0.276 e. The second-order valence-corrected chi connectivity index (χ2v) is 6.96. The summed E-state index contributed by atoms with van der Waals surface area (Å²) in [7, 11) is -4.11. The lowest BCUT2D eigenvalue weighted by Gasteiger charge is -2.13. The molecule has 0 aliphatic carbocycles. The smallest absolute Gasteiger partial charge is 0.273 e. The fourth-order valence-electron chi connectivity index (χ4n) is 2.28. The summed E-state index contributed by atoms with van der Waals surface area (Å²) in [5, 5.41) is 0.508. The molecule has 2 aromatic carbocycles. The van der Waals surface area contributed by atoms with Gasteiger partial charge in [0.15, 0.2) is 0 Å². The minimum absolute atomic E-state index is 0.0203. The molecule has 0 N–H and O–H groups in total. The van der Waals surface area contributed by atoms with Crippen LogP contribution in [0.25, 0.3) is 0 Å². The first kappa shape index (κ1) is 14.7. The Bertz CT molecular complexity index is 875. The van der Waals surface area contributed by atoms with Gasteiger partial charge in [0.25, 0.3) is 15.9 Å². The Kier molecular flexibility index (Phi) is 3.50. The summed E-state index contributed by atoms with van der Waals surface area (Å²) < 4.78 is 25.0. The van der Waals surface area contributed by atoms with Crippen LogP contribution in [-0.4, -0.2) is 24.5 Å². The maximum absolute atomic E-state index is 12.3. The number of nitrogens with zero attached hydrogens (tertiary/aromatic N) is 1. The van der Waals surface area contributed by atoms with Gasteiger partial charge >= 0.3 is 0 Å². The zero-order valence-electron chi connectivity index (χ0n) is 11.2. The van der Waals surface area contributed by atoms with Crippen molar-refractivity contribution < 1.29 is 18.0 Å². The molecule has 0 saturated heterocycles. The molecule has 0 unspecified atom stereocenters. The van der Waals surface area contributed by atoms with E-state index in [1.54, 1.807) is 30.3 Å². The summed E-state index contributed by atoms with van der Waals surface area (Å²) in [5.41, 5.74) is 0.598. The Morgan fingerprint density at radius 1 is 1.05 bits per heavy atom. The predicted octanol–water partition coefficient (Wildman–Crippen LogP) is 2.25. The van der Waals surface area contributed by atoms with E-state index in [0.29, 0.717) is 14.9 Å². The van der Waals surface area contributed by atoms with Crippen LogP contribution in [0.1, 0.15) is 15.9 Å². The third-order valence-electron chi connectivity index (χ3n) is 3.32. The molecule has 22 heavy (non-hydrogen) atoms. The maximum atomic E-state index is 12.3. The van der Waals surface area contributed by atoms with Crippen molar-refractivity contribution in [2.45, 2.75) is 11.3 Å². The standard InChI is InChI=1S/C15H10ClNO4S/c16-11-7-5-10(6-8-11)9-14(18)17-15(19)12-3-1-2-4-13(12)22(17,20)21/h1-8H,9H2. The van der Waals surface area contributed by atoms with Gasteiger partial charge in [0.2, 0.25) is 5.91 Å². The normalized spacial score (nSPS) is 15.7. The first-order chi connectivity index (χ1) is 10.4. The summed E-state index contributed by atoms with van der Waals surface area (Å²) >= 11 is 5.76. The van der Waals surface area contributed by atoms with Crippen LogP contribution in [0.2, 0.25) is 5.02 Å². The van der Waals surface area contributed by atoms with Crippen molar-refractivity contribution in [3.05, 3.63) is 64.7 Å². The molecule has 1 aliphatic rings. The number of benzene rings is 2. The Labute approximate surface area is 132 Å². The monoisotopic (exact) mass is 335 g/mol. The number of halogens is 1. The van der Waals surface area contributed by atoms with Gasteiger partial charge in [-0.1, -0.05) is 35.9 Å². The molecular weight excluding hydrogens is 326 g/mol. The zero-order valence-corrected chi connectivity index (χ0v) is 12.8. The summed E-state index contributed by atoms with van der Waals surface area (Å²) in [4.78, 5) is 24.4. The lowest BCUT2D eigenvalue weighted by Crippen LogP contribution is -2.37. The number of carbonyl (C=O) groups is 2. The van der Waals surface area contributed by atoms with Gasteiger partial charge in [-0.2, -0.15) is 4.31 Å². The van der Waals surface area contributed by atoms with Gasteiger partial charge < -0.3 is 0 Å². The molecule has 0 radical (unpaired) electrons. The molecular formula is C15H10ClNO4S. The second kappa shape index (κ2) is 5.23. The van der Waals surface area contributed by atoms with Gasteiger partial charge in [0.1, 0.15) is 4.90 Å². The number of imide groups is 1. The highest BCUT2D eigenvalue weighted by atomic mass is 35.5. The Balaban J connectivity index is 1.94. The molecule has 0 aromatic heterocycles. The topological polar surface area (TPSA) is 71.5 Å². The Morgan fingerprint density at radius 3 is 2.32 bits per heavy atom. The molecule has 0 bridgehead atoms. The van der Waals surface area contributed by atoms with Crippen LogP contribution in [0.3, 0.4) is 0 Å². The van der Waals surface area contributed by atoms with Crippen molar-refractivity contribution >= 4 is 33.4 Å². The average molecular weight is 336 g/mol. The van der Waals surface area contributed by atoms with Crippen molar-refractivity contribution in [1.82, 2.24) is 4.31 Å². The first-order valence-electron chi connectivity index (χ1n) is 6.37. The van der Waals surface area contributed by atoms with E-state index < -0.39 is 21.8 Å². The summed E-state index contributed by atoms with van der Waals surface area (Å²) in [6.07, 6.45) is -0.198. The van der Waals surface area contributed by atoms with E-state index >= 15 is 0 Å². The highest BCUT2D eigenvalue weighted by Gasteiger charge is 2.44. The molecule has 5 nitrogen and oxygen atoms in total. The van der Waals surface area contributed by atoms with Crippen LogP contribution in [0.15, 0.2) is 53.4 Å². The fourth-order valence-corrected chi connectivity index (χ4v) is 3.94. The third kappa shape index (κ3) is 2.30. The van der Waals surface area contributed by atoms with Gasteiger partial charge in [0, 0.05) is 5.02 Å². The van der Waals surface area contributed by atoms with Crippen molar-refractivity contribution in [1.29, 1.82) is 0 Å². The van der Waals surface area contributed by atoms with Crippen molar-refractivity contribution in [3.8, 4) is 0 Å². The fraction of sp³-hybridized carbons (Fsp3) is 0.0667. The van der Waals surface area contributed by atoms with Crippen molar-refractivity contribution in [3.63, 3.8) is 0 Å². The summed E-state index contributed by atoms with van der Waals surface area (Å²) in [6, 6.07) is 12.2. The van der Waals surface area contributed by atoms with Crippen LogP contribution in [0, 0.1) is 0 Å². The molecule has 0 atom stereocenters. The summed E-state index contributed by atoms with van der Waals surface area (Å²) in [5.74, 6) is -1.60. The van der Waals surface area contributed by atoms with Crippen LogP contribution >= 0.6 is 11.6 Å². The molecule has 0 spiro atoms. The molecule has 1 aliphatic heterocycles. The minimum atomic E-state index is -4.11. The van der Waals surface area contributed by atoms with Crippen LogP contribution in [0.4, 0.5) is 0 Å². The third-order valence-corrected chi connectivity index (χ3v) is 5.33. The van der Waals surface area contributed by atoms with E-state index in [1.165, 1.54) is 18.2 Å². The Morgan fingerprint density at radius 2 is 1.68 bits per heavy atom. The average Bonchev–Trinajstić information content (AvgIpc) is 2.69. The molecule has 1 heterocycles. The van der Waals surface area contributed by atoms with Gasteiger partial charge in [-0.25, -0.2) is 8.42 Å². The van der Waals surface area contributed by atoms with Gasteiger partial charge in [0.05, 0.1) is 12.0 Å². The van der Waals surface area contributed by atoms with Gasteiger partial charge in [-0.05, 0) is 29.8 Å². The number of rotatable bonds is 2. The number of fused-ring (bicyclic) bond motifs is 1. The summed E-state index contributed by atoms with van der Waals surface area (Å²) in [6.45, 7) is 0. The van der Waals surface area contributed by atoms with Gasteiger partial charge in [-0.3, -0.25) is 9.59 Å². The largest absolute Gasteiger partial charge is 0.276 e. The lowest BCUT2D eigenvalue weighted by molar-refractivity contribution is -0.123. The molecule has 7 heteroatoms. The molecule has 112 valence electrons. The second-order valence-electron chi connectivity index (χ2n) is 4.77. The van der Waals surface area contributed by atoms with Crippen LogP contribution < -0.4 is 0 Å². The Hall–Kier alpha value is -2.18. The molecule has 2 aromatic rings. The first-order valence-corrected chi connectivity index (χ1v) is 8.19. The van der Waals surface area contributed by atoms with Crippen LogP contribution in [-0.2, 0) is 21.2 Å². The lowest BCUT2D eigenvalue weighted by atomic mass is 10.1. The quantitative estimate of drug-likeness (QED) is 0.844. The molecule has 0 fully saturated rings. The number of sulfonamides is 1. The van der Waals surface area contributed by atoms with E-state index in [2.05, 4.69) is 0 Å². The highest BCUT2D eigenvalue weighted by Crippen LogP contribution is 2.30. The van der Waals surface area contributed by atoms with E-state index in [4.69, 9.17) is 11.6 Å². The van der Waals surface area contributed by atoms with E-state index in [-0.39, 0.29) is 16.9 Å². The SMILES string of the molecule is O=C(Cc1ccc(Cl)cc1)N1C(=O)c2ccccc2S1(=O)=O. The van der Waals surface area contributed by atoms with E-state index in [9.17, 15) is 18.0 Å². The molecule has 3 rings (SSSR count). The predicted molar refractivity (Wildman–Crippen MR) is 80.0 cm³/mol.